The van der Waals surface area contributed by atoms with Gasteiger partial charge < -0.3 is 14.4 Å². The summed E-state index contributed by atoms with van der Waals surface area (Å²) in [4.78, 5) is 31.9. The van der Waals surface area contributed by atoms with Crippen molar-refractivity contribution in [1.82, 2.24) is 14.5 Å². The predicted octanol–water partition coefficient (Wildman–Crippen LogP) is 6.31. The number of aryl methyl sites for hydroxylation is 1. The molecule has 1 aliphatic carbocycles. The minimum absolute atomic E-state index is 0.0637. The number of sulfonamides is 1. The fraction of sp³-hybridized carbons (Fsp3) is 0.515. The molecule has 2 aliphatic rings. The number of halogens is 1. The second kappa shape index (κ2) is 13.7. The van der Waals surface area contributed by atoms with Crippen LogP contribution in [0.1, 0.15) is 77.7 Å². The molecule has 1 saturated carbocycles. The molecule has 13 heteroatoms. The number of anilines is 1. The molecule has 1 saturated heterocycles. The number of fused-ring (bicyclic) bond motifs is 1. The molecule has 2 aromatic carbocycles. The van der Waals surface area contributed by atoms with Gasteiger partial charge in [-0.1, -0.05) is 19.3 Å². The second-order valence-corrected chi connectivity index (χ2v) is 15.0. The van der Waals surface area contributed by atoms with Crippen molar-refractivity contribution in [2.75, 3.05) is 17.8 Å². The lowest BCUT2D eigenvalue weighted by atomic mass is 9.94. The number of carbonyl (C=O) groups is 1. The van der Waals surface area contributed by atoms with Gasteiger partial charge in [-0.3, -0.25) is 14.1 Å². The third kappa shape index (κ3) is 7.78. The van der Waals surface area contributed by atoms with Crippen LogP contribution in [0.3, 0.4) is 0 Å². The standard InChI is InChI=1S/C33H40FN5O6S/c1-33(2,3)45-32(41)38-16-13-22(14-17-38)15-18-39-21-36-28-11-9-23(19-25(28)31(39)40)44-30-26(20-35)29(12-10-27(30)34)37-46(42,43)24-7-5-4-6-8-24/h9-12,19,21-22,24,37H,4-8,13-18H2,1-3H3. The van der Waals surface area contributed by atoms with E-state index >= 15 is 4.39 Å². The van der Waals surface area contributed by atoms with Crippen molar-refractivity contribution in [2.45, 2.75) is 89.5 Å². The van der Waals surface area contributed by atoms with E-state index in [-0.39, 0.29) is 34.0 Å². The highest BCUT2D eigenvalue weighted by Gasteiger charge is 2.30. The molecule has 1 aliphatic heterocycles. The monoisotopic (exact) mass is 653 g/mol. The number of rotatable bonds is 8. The highest BCUT2D eigenvalue weighted by molar-refractivity contribution is 7.93. The second-order valence-electron chi connectivity index (χ2n) is 13.0. The van der Waals surface area contributed by atoms with E-state index in [1.165, 1.54) is 29.1 Å². The Morgan fingerprint density at radius 3 is 2.50 bits per heavy atom. The van der Waals surface area contributed by atoms with Crippen LogP contribution in [-0.2, 0) is 21.3 Å². The molecule has 246 valence electrons. The molecule has 0 spiro atoms. The van der Waals surface area contributed by atoms with Crippen molar-refractivity contribution in [2.24, 2.45) is 5.92 Å². The number of likely N-dealkylation sites (tertiary alicyclic amines) is 1. The molecule has 0 bridgehead atoms. The van der Waals surface area contributed by atoms with Crippen LogP contribution in [0.15, 0.2) is 41.5 Å². The predicted molar refractivity (Wildman–Crippen MR) is 172 cm³/mol. The molecular weight excluding hydrogens is 613 g/mol. The first-order chi connectivity index (χ1) is 21.8. The first-order valence-electron chi connectivity index (χ1n) is 15.7. The van der Waals surface area contributed by atoms with Gasteiger partial charge in [0.1, 0.15) is 23.0 Å². The van der Waals surface area contributed by atoms with Crippen molar-refractivity contribution < 1.29 is 27.1 Å². The Morgan fingerprint density at radius 1 is 1.11 bits per heavy atom. The normalized spacial score (nSPS) is 16.6. The van der Waals surface area contributed by atoms with Crippen LogP contribution >= 0.6 is 0 Å². The van der Waals surface area contributed by atoms with Gasteiger partial charge in [0.25, 0.3) is 5.56 Å². The molecule has 0 atom stereocenters. The number of nitriles is 1. The molecule has 0 radical (unpaired) electrons. The maximum Gasteiger partial charge on any atom is 0.410 e. The van der Waals surface area contributed by atoms with Gasteiger partial charge in [-0.2, -0.15) is 5.26 Å². The van der Waals surface area contributed by atoms with E-state index in [1.54, 1.807) is 11.0 Å². The smallest absolute Gasteiger partial charge is 0.410 e. The minimum atomic E-state index is -3.79. The van der Waals surface area contributed by atoms with Gasteiger partial charge in [0.2, 0.25) is 10.0 Å². The highest BCUT2D eigenvalue weighted by atomic mass is 32.2. The Balaban J connectivity index is 1.29. The highest BCUT2D eigenvalue weighted by Crippen LogP contribution is 2.35. The molecule has 2 heterocycles. The Labute approximate surface area is 268 Å². The zero-order valence-corrected chi connectivity index (χ0v) is 27.2. The number of hydrogen-bond acceptors (Lipinski definition) is 8. The lowest BCUT2D eigenvalue weighted by Gasteiger charge is -2.33. The maximum atomic E-state index is 15.0. The van der Waals surface area contributed by atoms with Crippen LogP contribution in [0.5, 0.6) is 11.5 Å². The van der Waals surface area contributed by atoms with Gasteiger partial charge in [0.05, 0.1) is 28.2 Å². The number of benzene rings is 2. The van der Waals surface area contributed by atoms with Gasteiger partial charge in [0, 0.05) is 19.6 Å². The number of aromatic nitrogens is 2. The minimum Gasteiger partial charge on any atom is -0.453 e. The van der Waals surface area contributed by atoms with Gasteiger partial charge >= 0.3 is 6.09 Å². The first kappa shape index (κ1) is 33.2. The zero-order chi connectivity index (χ0) is 33.1. The summed E-state index contributed by atoms with van der Waals surface area (Å²) in [5.41, 5.74) is -0.772. The quantitative estimate of drug-likeness (QED) is 0.298. The summed E-state index contributed by atoms with van der Waals surface area (Å²) >= 11 is 0. The van der Waals surface area contributed by atoms with Crippen LogP contribution in [0.2, 0.25) is 0 Å². The lowest BCUT2D eigenvalue weighted by Crippen LogP contribution is -2.41. The lowest BCUT2D eigenvalue weighted by molar-refractivity contribution is 0.0179. The molecule has 46 heavy (non-hydrogen) atoms. The van der Waals surface area contributed by atoms with Gasteiger partial charge in [0.15, 0.2) is 11.6 Å². The van der Waals surface area contributed by atoms with Crippen LogP contribution < -0.4 is 15.0 Å². The van der Waals surface area contributed by atoms with Crippen LogP contribution in [0.25, 0.3) is 10.9 Å². The number of carbonyl (C=O) groups excluding carboxylic acids is 1. The van der Waals surface area contributed by atoms with Crippen molar-refractivity contribution in [1.29, 1.82) is 5.26 Å². The summed E-state index contributed by atoms with van der Waals surface area (Å²) in [5.74, 6) is -0.862. The molecule has 1 N–H and O–H groups in total. The largest absolute Gasteiger partial charge is 0.453 e. The maximum absolute atomic E-state index is 15.0. The van der Waals surface area contributed by atoms with E-state index in [0.717, 1.165) is 44.6 Å². The molecular formula is C33H40FN5O6S. The number of nitrogens with zero attached hydrogens (tertiary/aromatic N) is 4. The number of hydrogen-bond donors (Lipinski definition) is 1. The summed E-state index contributed by atoms with van der Waals surface area (Å²) in [6.45, 7) is 7.14. The van der Waals surface area contributed by atoms with Crippen molar-refractivity contribution in [3.05, 3.63) is 58.4 Å². The number of ether oxygens (including phenoxy) is 2. The number of piperidine rings is 1. The molecule has 2 fully saturated rings. The van der Waals surface area contributed by atoms with Gasteiger partial charge in [-0.15, -0.1) is 0 Å². The van der Waals surface area contributed by atoms with Crippen molar-refractivity contribution in [3.8, 4) is 17.6 Å². The van der Waals surface area contributed by atoms with Gasteiger partial charge in [-0.25, -0.2) is 22.6 Å². The summed E-state index contributed by atoms with van der Waals surface area (Å²) < 4.78 is 56.3. The zero-order valence-electron chi connectivity index (χ0n) is 26.4. The first-order valence-corrected chi connectivity index (χ1v) is 17.3. The van der Waals surface area contributed by atoms with Crippen molar-refractivity contribution in [3.63, 3.8) is 0 Å². The van der Waals surface area contributed by atoms with Crippen LogP contribution in [0, 0.1) is 23.1 Å². The summed E-state index contributed by atoms with van der Waals surface area (Å²) in [6, 6.07) is 8.66. The number of nitrogens with one attached hydrogen (secondary N) is 1. The van der Waals surface area contributed by atoms with E-state index in [2.05, 4.69) is 9.71 Å². The summed E-state index contributed by atoms with van der Waals surface area (Å²) in [7, 11) is -3.79. The molecule has 11 nitrogen and oxygen atoms in total. The fourth-order valence-electron chi connectivity index (χ4n) is 6.00. The average molecular weight is 654 g/mol. The van der Waals surface area contributed by atoms with E-state index < -0.39 is 32.4 Å². The van der Waals surface area contributed by atoms with E-state index in [4.69, 9.17) is 9.47 Å². The average Bonchev–Trinajstić information content (AvgIpc) is 3.02. The molecule has 1 amide bonds. The Kier molecular flexibility index (Phi) is 9.86. The fourth-order valence-corrected chi connectivity index (χ4v) is 7.59. The van der Waals surface area contributed by atoms with E-state index in [0.29, 0.717) is 43.9 Å². The third-order valence-corrected chi connectivity index (χ3v) is 10.4. The Bertz CT molecular complexity index is 1800. The Morgan fingerprint density at radius 2 is 1.83 bits per heavy atom. The van der Waals surface area contributed by atoms with Crippen molar-refractivity contribution >= 4 is 32.7 Å². The summed E-state index contributed by atoms with van der Waals surface area (Å²) in [5, 5.41) is 9.57. The molecule has 3 aromatic rings. The molecule has 5 rings (SSSR count). The third-order valence-electron chi connectivity index (χ3n) is 8.52. The molecule has 1 aromatic heterocycles. The van der Waals surface area contributed by atoms with Crippen LogP contribution in [0.4, 0.5) is 14.9 Å². The summed E-state index contributed by atoms with van der Waals surface area (Å²) in [6.07, 6.45) is 7.16. The van der Waals surface area contributed by atoms with Gasteiger partial charge in [-0.05, 0) is 89.1 Å². The van der Waals surface area contributed by atoms with Crippen LogP contribution in [-0.4, -0.2) is 52.9 Å². The Hall–Kier alpha value is -4.18. The van der Waals surface area contributed by atoms with E-state index in [1.807, 2.05) is 26.8 Å². The molecule has 0 unspecified atom stereocenters. The van der Waals surface area contributed by atoms with E-state index in [9.17, 15) is 23.3 Å². The SMILES string of the molecule is CC(C)(C)OC(=O)N1CCC(CCn2cnc3ccc(Oc4c(F)ccc(NS(=O)(=O)C5CCCCC5)c4C#N)cc3c2=O)CC1. The number of amides is 1. The topological polar surface area (TPSA) is 144 Å².